The molecule has 0 unspecified atom stereocenters. The summed E-state index contributed by atoms with van der Waals surface area (Å²) in [6.45, 7) is 9.16. The van der Waals surface area contributed by atoms with Crippen LogP contribution in [-0.2, 0) is 11.3 Å². The number of nitrogens with zero attached hydrogens (tertiary/aromatic N) is 4. The molecule has 0 bridgehead atoms. The van der Waals surface area contributed by atoms with Gasteiger partial charge in [-0.15, -0.1) is 0 Å². The quantitative estimate of drug-likeness (QED) is 0.485. The predicted octanol–water partition coefficient (Wildman–Crippen LogP) is 2.59. The fourth-order valence-corrected chi connectivity index (χ4v) is 3.66. The average Bonchev–Trinajstić information content (AvgIpc) is 3.44. The number of likely N-dealkylation sites (tertiary alicyclic amines) is 1. The van der Waals surface area contributed by atoms with Crippen LogP contribution in [-0.4, -0.2) is 56.0 Å². The topological polar surface area (TPSA) is 129 Å². The normalized spacial score (nSPS) is 14.7. The third-order valence-corrected chi connectivity index (χ3v) is 5.55. The minimum Gasteiger partial charge on any atom is -0.366 e. The summed E-state index contributed by atoms with van der Waals surface area (Å²) in [4.78, 5) is 38.2. The van der Waals surface area contributed by atoms with Crippen LogP contribution in [0.25, 0.3) is 11.2 Å². The van der Waals surface area contributed by atoms with Gasteiger partial charge in [0.05, 0.1) is 24.0 Å². The zero-order valence-electron chi connectivity index (χ0n) is 18.2. The molecule has 10 nitrogen and oxygen atoms in total. The first kappa shape index (κ1) is 21.5. The molecule has 1 aliphatic heterocycles. The molecule has 1 fully saturated rings. The standard InChI is InChI=1S/C22H27N7O3/c1-4-19(30)29-7-5-14(6-8-29)26-18-12-24-21-20(27-18)16(11-23-21)22(31)25-10-15-9-17(13(2)3)28-32-15/h4,9,11-14H,1,5-8,10H2,2-3H3,(H,23,24)(H,25,31)(H,26,27). The maximum absolute atomic E-state index is 12.7. The Labute approximate surface area is 185 Å². The SMILES string of the molecule is C=CC(=O)N1CCC(Nc2cnc3[nH]cc(C(=O)NCc4cc(C(C)C)no4)c3n2)CC1. The van der Waals surface area contributed by atoms with E-state index in [1.54, 1.807) is 17.3 Å². The molecule has 0 spiro atoms. The summed E-state index contributed by atoms with van der Waals surface area (Å²) in [5, 5.41) is 10.2. The van der Waals surface area contributed by atoms with E-state index in [4.69, 9.17) is 4.52 Å². The fourth-order valence-electron chi connectivity index (χ4n) is 3.66. The Morgan fingerprint density at radius 1 is 1.38 bits per heavy atom. The monoisotopic (exact) mass is 437 g/mol. The van der Waals surface area contributed by atoms with Crippen LogP contribution in [0.4, 0.5) is 5.82 Å². The number of anilines is 1. The van der Waals surface area contributed by atoms with Crippen molar-refractivity contribution in [2.45, 2.75) is 45.2 Å². The van der Waals surface area contributed by atoms with Crippen LogP contribution >= 0.6 is 0 Å². The molecule has 168 valence electrons. The molecule has 32 heavy (non-hydrogen) atoms. The zero-order chi connectivity index (χ0) is 22.7. The molecule has 0 aromatic carbocycles. The number of hydrogen-bond donors (Lipinski definition) is 3. The molecule has 1 saturated heterocycles. The Hall–Kier alpha value is -3.69. The summed E-state index contributed by atoms with van der Waals surface area (Å²) in [5.41, 5.74) is 2.29. The van der Waals surface area contributed by atoms with Gasteiger partial charge in [0.25, 0.3) is 5.91 Å². The molecule has 0 saturated carbocycles. The van der Waals surface area contributed by atoms with E-state index in [9.17, 15) is 9.59 Å². The first-order chi connectivity index (χ1) is 15.4. The predicted molar refractivity (Wildman–Crippen MR) is 119 cm³/mol. The number of amides is 2. The van der Waals surface area contributed by atoms with E-state index < -0.39 is 0 Å². The number of aromatic nitrogens is 4. The van der Waals surface area contributed by atoms with Gasteiger partial charge in [0.2, 0.25) is 5.91 Å². The number of rotatable bonds is 7. The van der Waals surface area contributed by atoms with Gasteiger partial charge in [0.1, 0.15) is 11.3 Å². The molecule has 4 heterocycles. The molecule has 0 atom stereocenters. The van der Waals surface area contributed by atoms with Crippen LogP contribution in [0, 0.1) is 0 Å². The van der Waals surface area contributed by atoms with Crippen molar-refractivity contribution < 1.29 is 14.1 Å². The largest absolute Gasteiger partial charge is 0.366 e. The molecule has 3 aromatic rings. The van der Waals surface area contributed by atoms with E-state index in [2.05, 4.69) is 37.3 Å². The van der Waals surface area contributed by atoms with Crippen LogP contribution in [0.15, 0.2) is 35.6 Å². The fraction of sp³-hybridized carbons (Fsp3) is 0.409. The molecule has 4 rings (SSSR count). The van der Waals surface area contributed by atoms with Crippen LogP contribution < -0.4 is 10.6 Å². The van der Waals surface area contributed by atoms with Crippen LogP contribution in [0.3, 0.4) is 0 Å². The van der Waals surface area contributed by atoms with Crippen LogP contribution in [0.1, 0.15) is 54.4 Å². The molecule has 1 aliphatic rings. The van der Waals surface area contributed by atoms with E-state index in [0.29, 0.717) is 41.4 Å². The molecular weight excluding hydrogens is 410 g/mol. The van der Waals surface area contributed by atoms with Crippen molar-refractivity contribution in [1.82, 2.24) is 30.3 Å². The maximum atomic E-state index is 12.7. The van der Waals surface area contributed by atoms with Gasteiger partial charge in [-0.25, -0.2) is 9.97 Å². The Morgan fingerprint density at radius 2 is 2.16 bits per heavy atom. The smallest absolute Gasteiger partial charge is 0.255 e. The van der Waals surface area contributed by atoms with E-state index in [1.165, 1.54) is 6.08 Å². The van der Waals surface area contributed by atoms with Crippen molar-refractivity contribution in [3.63, 3.8) is 0 Å². The Kier molecular flexibility index (Phi) is 6.20. The average molecular weight is 438 g/mol. The van der Waals surface area contributed by atoms with Crippen molar-refractivity contribution in [3.8, 4) is 0 Å². The maximum Gasteiger partial charge on any atom is 0.255 e. The van der Waals surface area contributed by atoms with Crippen molar-refractivity contribution >= 4 is 28.8 Å². The lowest BCUT2D eigenvalue weighted by molar-refractivity contribution is -0.126. The number of piperidine rings is 1. The second-order valence-corrected chi connectivity index (χ2v) is 8.16. The Bertz CT molecular complexity index is 1130. The van der Waals surface area contributed by atoms with Crippen molar-refractivity contribution in [1.29, 1.82) is 0 Å². The van der Waals surface area contributed by atoms with Crippen molar-refractivity contribution in [2.75, 3.05) is 18.4 Å². The summed E-state index contributed by atoms with van der Waals surface area (Å²) in [5.74, 6) is 1.13. The number of hydrogen-bond acceptors (Lipinski definition) is 7. The van der Waals surface area contributed by atoms with Gasteiger partial charge in [-0.05, 0) is 24.8 Å². The van der Waals surface area contributed by atoms with Gasteiger partial charge >= 0.3 is 0 Å². The zero-order valence-corrected chi connectivity index (χ0v) is 18.2. The number of nitrogens with one attached hydrogen (secondary N) is 3. The van der Waals surface area contributed by atoms with Gasteiger partial charge < -0.3 is 25.0 Å². The lowest BCUT2D eigenvalue weighted by Crippen LogP contribution is -2.41. The highest BCUT2D eigenvalue weighted by molar-refractivity contribution is 6.04. The van der Waals surface area contributed by atoms with Gasteiger partial charge in [0.15, 0.2) is 11.4 Å². The van der Waals surface area contributed by atoms with Crippen molar-refractivity contribution in [2.24, 2.45) is 0 Å². The van der Waals surface area contributed by atoms with E-state index in [-0.39, 0.29) is 30.3 Å². The lowest BCUT2D eigenvalue weighted by atomic mass is 10.1. The van der Waals surface area contributed by atoms with Gasteiger partial charge in [-0.2, -0.15) is 0 Å². The second kappa shape index (κ2) is 9.21. The number of carbonyl (C=O) groups is 2. The van der Waals surface area contributed by atoms with E-state index in [1.807, 2.05) is 19.9 Å². The molecule has 2 amide bonds. The van der Waals surface area contributed by atoms with E-state index in [0.717, 1.165) is 18.5 Å². The lowest BCUT2D eigenvalue weighted by Gasteiger charge is -2.31. The van der Waals surface area contributed by atoms with Crippen LogP contribution in [0.2, 0.25) is 0 Å². The number of fused-ring (bicyclic) bond motifs is 1. The summed E-state index contributed by atoms with van der Waals surface area (Å²) in [6.07, 6.45) is 6.19. The number of carbonyl (C=O) groups excluding carboxylic acids is 2. The minimum atomic E-state index is -0.276. The van der Waals surface area contributed by atoms with Crippen LogP contribution in [0.5, 0.6) is 0 Å². The molecule has 0 radical (unpaired) electrons. The Morgan fingerprint density at radius 3 is 2.84 bits per heavy atom. The second-order valence-electron chi connectivity index (χ2n) is 8.16. The summed E-state index contributed by atoms with van der Waals surface area (Å²) in [7, 11) is 0. The summed E-state index contributed by atoms with van der Waals surface area (Å²) >= 11 is 0. The summed E-state index contributed by atoms with van der Waals surface area (Å²) < 4.78 is 5.27. The van der Waals surface area contributed by atoms with Gasteiger partial charge in [-0.3, -0.25) is 9.59 Å². The molecule has 0 aliphatic carbocycles. The highest BCUT2D eigenvalue weighted by Gasteiger charge is 2.22. The Balaban J connectivity index is 1.40. The van der Waals surface area contributed by atoms with Gasteiger partial charge in [-0.1, -0.05) is 25.6 Å². The number of H-pyrrole nitrogens is 1. The highest BCUT2D eigenvalue weighted by Crippen LogP contribution is 2.20. The third kappa shape index (κ3) is 4.63. The molecule has 10 heteroatoms. The highest BCUT2D eigenvalue weighted by atomic mass is 16.5. The molecular formula is C22H27N7O3. The molecule has 3 N–H and O–H groups in total. The minimum absolute atomic E-state index is 0.0432. The number of aromatic amines is 1. The molecule has 3 aromatic heterocycles. The van der Waals surface area contributed by atoms with Gasteiger partial charge in [0, 0.05) is 31.4 Å². The van der Waals surface area contributed by atoms with E-state index >= 15 is 0 Å². The van der Waals surface area contributed by atoms with Crippen molar-refractivity contribution in [3.05, 3.63) is 48.1 Å². The third-order valence-electron chi connectivity index (χ3n) is 5.55. The first-order valence-corrected chi connectivity index (χ1v) is 10.7. The first-order valence-electron chi connectivity index (χ1n) is 10.7. The summed E-state index contributed by atoms with van der Waals surface area (Å²) in [6, 6.07) is 2.02.